The van der Waals surface area contributed by atoms with Crippen molar-refractivity contribution < 1.29 is 9.53 Å². The quantitative estimate of drug-likeness (QED) is 0.339. The molecule has 5 saturated carbocycles. The second-order valence-electron chi connectivity index (χ2n) is 11.6. The van der Waals surface area contributed by atoms with Crippen LogP contribution in [0.4, 0.5) is 0 Å². The Bertz CT molecular complexity index is 571. The summed E-state index contributed by atoms with van der Waals surface area (Å²) in [5.74, 6) is 10.9. The molecule has 5 aliphatic carbocycles. The molecule has 0 heterocycles. The van der Waals surface area contributed by atoms with Gasteiger partial charge < -0.3 is 4.74 Å². The van der Waals surface area contributed by atoms with Crippen molar-refractivity contribution in [2.45, 2.75) is 90.4 Å². The van der Waals surface area contributed by atoms with Gasteiger partial charge in [0, 0.05) is 6.42 Å². The smallest absolute Gasteiger partial charge is 0.305 e. The van der Waals surface area contributed by atoms with E-state index in [0.29, 0.717) is 6.42 Å². The topological polar surface area (TPSA) is 26.3 Å². The maximum Gasteiger partial charge on any atom is 0.305 e. The SMILES string of the molecule is CCC1CC1CC1C[C@@H]1C[C@@H]1CC1CC1CC1CC1CC1CCCC(=O)OC. The van der Waals surface area contributed by atoms with Crippen molar-refractivity contribution in [1.29, 1.82) is 0 Å². The molecule has 0 radical (unpaired) electrons. The molecule has 158 valence electrons. The first-order chi connectivity index (χ1) is 13.6. The van der Waals surface area contributed by atoms with E-state index in [1.807, 2.05) is 0 Å². The predicted molar refractivity (Wildman–Crippen MR) is 113 cm³/mol. The van der Waals surface area contributed by atoms with E-state index < -0.39 is 0 Å². The first kappa shape index (κ1) is 19.4. The molecule has 10 atom stereocenters. The van der Waals surface area contributed by atoms with Gasteiger partial charge in [0.1, 0.15) is 0 Å². The van der Waals surface area contributed by atoms with E-state index in [2.05, 4.69) is 6.92 Å². The minimum atomic E-state index is -0.0337. The summed E-state index contributed by atoms with van der Waals surface area (Å²) in [7, 11) is 1.50. The van der Waals surface area contributed by atoms with Gasteiger partial charge in [0.15, 0.2) is 0 Å². The standard InChI is InChI=1S/C26H42O2/c1-3-16-7-18(16)9-20-11-22(20)13-24-15-25(24)14-23-12-21(23)10-19-8-17(19)5-4-6-26(27)28-2/h16-25H,3-15H2,1-2H3/t16?,17?,18?,19?,20?,21?,22-,23?,24-,25?/m1/s1. The Kier molecular flexibility index (Phi) is 5.52. The fraction of sp³-hybridized carbons (Fsp3) is 0.962. The number of methoxy groups -OCH3 is 1. The van der Waals surface area contributed by atoms with Crippen LogP contribution in [0, 0.1) is 59.2 Å². The van der Waals surface area contributed by atoms with Crippen molar-refractivity contribution in [1.82, 2.24) is 0 Å². The molecule has 0 aromatic carbocycles. The Morgan fingerprint density at radius 1 is 0.679 bits per heavy atom. The Hall–Kier alpha value is -0.530. The van der Waals surface area contributed by atoms with Crippen LogP contribution in [-0.2, 0) is 9.53 Å². The van der Waals surface area contributed by atoms with Crippen LogP contribution in [0.2, 0.25) is 0 Å². The van der Waals surface area contributed by atoms with E-state index in [1.54, 1.807) is 44.9 Å². The predicted octanol–water partition coefficient (Wildman–Crippen LogP) is 6.48. The summed E-state index contributed by atoms with van der Waals surface area (Å²) in [5.41, 5.74) is 0. The lowest BCUT2D eigenvalue weighted by molar-refractivity contribution is -0.140. The second-order valence-corrected chi connectivity index (χ2v) is 11.6. The number of rotatable bonds is 13. The van der Waals surface area contributed by atoms with Gasteiger partial charge in [-0.2, -0.15) is 0 Å². The third kappa shape index (κ3) is 4.96. The lowest BCUT2D eigenvalue weighted by Crippen LogP contribution is -1.99. The van der Waals surface area contributed by atoms with Gasteiger partial charge in [0.25, 0.3) is 0 Å². The van der Waals surface area contributed by atoms with Crippen LogP contribution in [0.15, 0.2) is 0 Å². The second kappa shape index (κ2) is 7.95. The number of ether oxygens (including phenoxy) is 1. The van der Waals surface area contributed by atoms with Gasteiger partial charge in [-0.3, -0.25) is 4.79 Å². The Morgan fingerprint density at radius 3 is 1.50 bits per heavy atom. The molecule has 0 aromatic rings. The Morgan fingerprint density at radius 2 is 1.07 bits per heavy atom. The van der Waals surface area contributed by atoms with Gasteiger partial charge in [0.2, 0.25) is 0 Å². The summed E-state index contributed by atoms with van der Waals surface area (Å²) in [6.45, 7) is 2.38. The van der Waals surface area contributed by atoms with E-state index in [0.717, 1.165) is 65.6 Å². The van der Waals surface area contributed by atoms with Gasteiger partial charge in [-0.1, -0.05) is 13.3 Å². The lowest BCUT2D eigenvalue weighted by atomic mass is 10.0. The first-order valence-corrected chi connectivity index (χ1v) is 12.7. The number of carbonyl (C=O) groups excluding carboxylic acids is 1. The van der Waals surface area contributed by atoms with E-state index in [9.17, 15) is 4.79 Å². The fourth-order valence-corrected chi connectivity index (χ4v) is 6.88. The minimum Gasteiger partial charge on any atom is -0.469 e. The van der Waals surface area contributed by atoms with Gasteiger partial charge in [0.05, 0.1) is 7.11 Å². The highest BCUT2D eigenvalue weighted by molar-refractivity contribution is 5.68. The molecule has 2 nitrogen and oxygen atoms in total. The van der Waals surface area contributed by atoms with Crippen molar-refractivity contribution >= 4 is 5.97 Å². The lowest BCUT2D eigenvalue weighted by Gasteiger charge is -2.02. The van der Waals surface area contributed by atoms with Crippen LogP contribution in [0.25, 0.3) is 0 Å². The molecule has 0 spiro atoms. The fourth-order valence-electron chi connectivity index (χ4n) is 6.88. The summed E-state index contributed by atoms with van der Waals surface area (Å²) in [5, 5.41) is 0. The maximum atomic E-state index is 11.2. The average Bonchev–Trinajstić information content (AvgIpc) is 3.50. The van der Waals surface area contributed by atoms with Gasteiger partial charge >= 0.3 is 5.97 Å². The molecular formula is C26H42O2. The zero-order chi connectivity index (χ0) is 19.3. The monoisotopic (exact) mass is 386 g/mol. The minimum absolute atomic E-state index is 0.0337. The summed E-state index contributed by atoms with van der Waals surface area (Å²) < 4.78 is 4.74. The van der Waals surface area contributed by atoms with Crippen LogP contribution in [0.3, 0.4) is 0 Å². The highest BCUT2D eigenvalue weighted by Crippen LogP contribution is 2.61. The van der Waals surface area contributed by atoms with Crippen molar-refractivity contribution in [3.63, 3.8) is 0 Å². The number of hydrogen-bond donors (Lipinski definition) is 0. The molecule has 28 heavy (non-hydrogen) atoms. The van der Waals surface area contributed by atoms with E-state index in [1.165, 1.54) is 32.8 Å². The van der Waals surface area contributed by atoms with Crippen LogP contribution < -0.4 is 0 Å². The maximum absolute atomic E-state index is 11.2. The molecular weight excluding hydrogens is 344 g/mol. The van der Waals surface area contributed by atoms with Crippen molar-refractivity contribution in [3.05, 3.63) is 0 Å². The van der Waals surface area contributed by atoms with E-state index in [-0.39, 0.29) is 5.97 Å². The first-order valence-electron chi connectivity index (χ1n) is 12.7. The molecule has 5 fully saturated rings. The zero-order valence-corrected chi connectivity index (χ0v) is 18.3. The summed E-state index contributed by atoms with van der Waals surface area (Å²) in [4.78, 5) is 11.2. The van der Waals surface area contributed by atoms with Crippen LogP contribution in [0.5, 0.6) is 0 Å². The Balaban J connectivity index is 0.894. The number of hydrogen-bond acceptors (Lipinski definition) is 2. The van der Waals surface area contributed by atoms with Crippen molar-refractivity contribution in [3.8, 4) is 0 Å². The van der Waals surface area contributed by atoms with Crippen LogP contribution >= 0.6 is 0 Å². The normalized spacial score (nSPS) is 47.5. The molecule has 0 N–H and O–H groups in total. The molecule has 0 saturated heterocycles. The molecule has 0 aromatic heterocycles. The van der Waals surface area contributed by atoms with Gasteiger partial charge in [-0.25, -0.2) is 0 Å². The average molecular weight is 387 g/mol. The van der Waals surface area contributed by atoms with E-state index in [4.69, 9.17) is 4.74 Å². The number of carbonyl (C=O) groups is 1. The third-order valence-corrected chi connectivity index (χ3v) is 9.48. The highest BCUT2D eigenvalue weighted by Gasteiger charge is 2.51. The van der Waals surface area contributed by atoms with Gasteiger partial charge in [-0.15, -0.1) is 0 Å². The third-order valence-electron chi connectivity index (χ3n) is 9.48. The summed E-state index contributed by atoms with van der Waals surface area (Å²) >= 11 is 0. The molecule has 0 amide bonds. The molecule has 8 unspecified atom stereocenters. The van der Waals surface area contributed by atoms with Crippen LogP contribution in [-0.4, -0.2) is 13.1 Å². The molecule has 5 rings (SSSR count). The van der Waals surface area contributed by atoms with E-state index >= 15 is 0 Å². The van der Waals surface area contributed by atoms with Crippen LogP contribution in [0.1, 0.15) is 90.4 Å². The zero-order valence-electron chi connectivity index (χ0n) is 18.3. The number of esters is 1. The summed E-state index contributed by atoms with van der Waals surface area (Å²) in [6.07, 6.45) is 18.3. The summed E-state index contributed by atoms with van der Waals surface area (Å²) in [6, 6.07) is 0. The van der Waals surface area contributed by atoms with Crippen molar-refractivity contribution in [2.24, 2.45) is 59.2 Å². The molecule has 0 aliphatic heterocycles. The molecule has 0 bridgehead atoms. The molecule has 2 heteroatoms. The van der Waals surface area contributed by atoms with Gasteiger partial charge in [-0.05, 0) is 130 Å². The largest absolute Gasteiger partial charge is 0.469 e. The Labute approximate surface area is 172 Å². The van der Waals surface area contributed by atoms with Crippen molar-refractivity contribution in [2.75, 3.05) is 7.11 Å². The highest BCUT2D eigenvalue weighted by atomic mass is 16.5. The molecule has 5 aliphatic rings.